The number of amides is 1. The van der Waals surface area contributed by atoms with E-state index in [1.807, 2.05) is 0 Å². The molecule has 3 aromatic rings. The van der Waals surface area contributed by atoms with Crippen LogP contribution in [0.5, 0.6) is 0 Å². The van der Waals surface area contributed by atoms with Gasteiger partial charge >= 0.3 is 11.1 Å². The maximum absolute atomic E-state index is 12.1. The Kier molecular flexibility index (Phi) is 4.05. The molecule has 0 aliphatic carbocycles. The largest absolute Gasteiger partial charge is 0.352 e. The van der Waals surface area contributed by atoms with Gasteiger partial charge in [-0.25, -0.2) is 4.98 Å². The van der Waals surface area contributed by atoms with E-state index in [0.717, 1.165) is 18.7 Å². The first-order valence-electron chi connectivity index (χ1n) is 7.16. The van der Waals surface area contributed by atoms with Gasteiger partial charge in [0, 0.05) is 30.9 Å². The smallest absolute Gasteiger partial charge is 0.314 e. The second-order valence-electron chi connectivity index (χ2n) is 5.06. The van der Waals surface area contributed by atoms with E-state index in [1.54, 1.807) is 24.5 Å². The first kappa shape index (κ1) is 14.8. The van der Waals surface area contributed by atoms with Crippen LogP contribution < -0.4 is 16.4 Å². The molecule has 2 aromatic heterocycles. The minimum atomic E-state index is -0.742. The Morgan fingerprint density at radius 2 is 1.91 bits per heavy atom. The third-order valence-corrected chi connectivity index (χ3v) is 3.42. The molecule has 1 amide bonds. The number of aryl methyl sites for hydroxylation is 1. The zero-order valence-electron chi connectivity index (χ0n) is 12.2. The molecule has 8 nitrogen and oxygen atoms in total. The van der Waals surface area contributed by atoms with Gasteiger partial charge in [0.1, 0.15) is 5.82 Å². The summed E-state index contributed by atoms with van der Waals surface area (Å²) in [5.74, 6) is 0.643. The van der Waals surface area contributed by atoms with E-state index in [2.05, 4.69) is 25.3 Å². The molecule has 2 heterocycles. The van der Waals surface area contributed by atoms with Crippen LogP contribution in [0.25, 0.3) is 11.0 Å². The van der Waals surface area contributed by atoms with Crippen LogP contribution in [0.2, 0.25) is 0 Å². The number of H-pyrrole nitrogens is 3. The van der Waals surface area contributed by atoms with Crippen LogP contribution in [0.3, 0.4) is 0 Å². The highest BCUT2D eigenvalue weighted by Crippen LogP contribution is 2.09. The van der Waals surface area contributed by atoms with Crippen LogP contribution >= 0.6 is 0 Å². The van der Waals surface area contributed by atoms with Crippen molar-refractivity contribution in [3.63, 3.8) is 0 Å². The van der Waals surface area contributed by atoms with Crippen molar-refractivity contribution in [1.82, 2.24) is 25.3 Å². The van der Waals surface area contributed by atoms with E-state index in [9.17, 15) is 14.4 Å². The first-order chi connectivity index (χ1) is 11.1. The van der Waals surface area contributed by atoms with Crippen LogP contribution in [-0.2, 0) is 6.42 Å². The Bertz CT molecular complexity index is 940. The molecule has 8 heteroatoms. The predicted octanol–water partition coefficient (Wildman–Crippen LogP) is 0.302. The molecule has 0 bridgehead atoms. The number of rotatable bonds is 5. The molecule has 0 atom stereocenters. The Hall–Kier alpha value is -3.16. The van der Waals surface area contributed by atoms with Gasteiger partial charge in [0.15, 0.2) is 0 Å². The fraction of sp³-hybridized carbons (Fsp3) is 0.200. The van der Waals surface area contributed by atoms with E-state index in [-0.39, 0.29) is 5.91 Å². The molecule has 0 aliphatic heterocycles. The minimum absolute atomic E-state index is 0.238. The SMILES string of the molecule is O=C(NCCCc1ncc[nH]1)c1ccc2[nH]c(=O)c(=O)[nH]c2c1. The van der Waals surface area contributed by atoms with Gasteiger partial charge in [0.2, 0.25) is 0 Å². The first-order valence-corrected chi connectivity index (χ1v) is 7.16. The van der Waals surface area contributed by atoms with Crippen LogP contribution in [0.1, 0.15) is 22.6 Å². The highest BCUT2D eigenvalue weighted by molar-refractivity contribution is 5.97. The lowest BCUT2D eigenvalue weighted by atomic mass is 10.1. The number of nitrogens with zero attached hydrogens (tertiary/aromatic N) is 1. The average Bonchev–Trinajstić information content (AvgIpc) is 3.05. The molecule has 3 rings (SSSR count). The third kappa shape index (κ3) is 3.37. The lowest BCUT2D eigenvalue weighted by Crippen LogP contribution is -2.29. The molecule has 0 spiro atoms. The van der Waals surface area contributed by atoms with Gasteiger partial charge in [0.25, 0.3) is 5.91 Å². The van der Waals surface area contributed by atoms with Crippen molar-refractivity contribution >= 4 is 16.9 Å². The van der Waals surface area contributed by atoms with E-state index in [0.29, 0.717) is 23.1 Å². The number of carbonyl (C=O) groups excluding carboxylic acids is 1. The fourth-order valence-corrected chi connectivity index (χ4v) is 2.25. The number of hydrogen-bond donors (Lipinski definition) is 4. The Balaban J connectivity index is 1.65. The molecule has 23 heavy (non-hydrogen) atoms. The molecule has 0 radical (unpaired) electrons. The van der Waals surface area contributed by atoms with Crippen molar-refractivity contribution in [3.8, 4) is 0 Å². The lowest BCUT2D eigenvalue weighted by molar-refractivity contribution is 0.0953. The van der Waals surface area contributed by atoms with Crippen LogP contribution in [0, 0.1) is 0 Å². The third-order valence-electron chi connectivity index (χ3n) is 3.42. The van der Waals surface area contributed by atoms with Crippen molar-refractivity contribution in [3.05, 3.63) is 62.7 Å². The summed E-state index contributed by atoms with van der Waals surface area (Å²) < 4.78 is 0. The summed E-state index contributed by atoms with van der Waals surface area (Å²) in [6.45, 7) is 0.514. The number of fused-ring (bicyclic) bond motifs is 1. The number of benzene rings is 1. The van der Waals surface area contributed by atoms with Crippen molar-refractivity contribution in [2.24, 2.45) is 0 Å². The Labute approximate surface area is 130 Å². The van der Waals surface area contributed by atoms with Crippen LogP contribution in [-0.4, -0.2) is 32.4 Å². The lowest BCUT2D eigenvalue weighted by Gasteiger charge is -2.05. The molecule has 118 valence electrons. The van der Waals surface area contributed by atoms with Crippen LogP contribution in [0.15, 0.2) is 40.2 Å². The molecule has 0 saturated heterocycles. The minimum Gasteiger partial charge on any atom is -0.352 e. The quantitative estimate of drug-likeness (QED) is 0.399. The molecule has 0 saturated carbocycles. The van der Waals surface area contributed by atoms with E-state index in [1.165, 1.54) is 6.07 Å². The Morgan fingerprint density at radius 3 is 2.65 bits per heavy atom. The summed E-state index contributed by atoms with van der Waals surface area (Å²) in [6.07, 6.45) is 4.96. The zero-order valence-corrected chi connectivity index (χ0v) is 12.2. The molecule has 4 N–H and O–H groups in total. The van der Waals surface area contributed by atoms with E-state index < -0.39 is 11.1 Å². The van der Waals surface area contributed by atoms with Crippen molar-refractivity contribution in [2.45, 2.75) is 12.8 Å². The van der Waals surface area contributed by atoms with Gasteiger partial charge in [-0.1, -0.05) is 0 Å². The summed E-state index contributed by atoms with van der Waals surface area (Å²) in [5, 5.41) is 2.81. The number of imidazole rings is 1. The zero-order chi connectivity index (χ0) is 16.2. The topological polar surface area (TPSA) is 123 Å². The van der Waals surface area contributed by atoms with Gasteiger partial charge in [-0.05, 0) is 24.6 Å². The molecule has 0 unspecified atom stereocenters. The summed E-state index contributed by atoms with van der Waals surface area (Å²) in [4.78, 5) is 46.7. The number of carbonyl (C=O) groups is 1. The number of hydrogen-bond acceptors (Lipinski definition) is 4. The van der Waals surface area contributed by atoms with Gasteiger partial charge in [-0.3, -0.25) is 14.4 Å². The molecular weight excluding hydrogens is 298 g/mol. The average molecular weight is 313 g/mol. The standard InChI is InChI=1S/C15H15N5O3/c21-13(18-5-1-2-12-16-6-7-17-12)9-3-4-10-11(8-9)20-15(23)14(22)19-10/h3-4,6-8H,1-2,5H2,(H,16,17)(H,18,21)(H,19,22)(H,20,23). The predicted molar refractivity (Wildman–Crippen MR) is 84.4 cm³/mol. The second-order valence-corrected chi connectivity index (χ2v) is 5.06. The monoisotopic (exact) mass is 313 g/mol. The van der Waals surface area contributed by atoms with Crippen molar-refractivity contribution in [2.75, 3.05) is 6.54 Å². The van der Waals surface area contributed by atoms with Gasteiger partial charge in [0.05, 0.1) is 11.0 Å². The van der Waals surface area contributed by atoms with E-state index in [4.69, 9.17) is 0 Å². The summed E-state index contributed by atoms with van der Waals surface area (Å²) in [6, 6.07) is 4.72. The highest BCUT2D eigenvalue weighted by atomic mass is 16.2. The van der Waals surface area contributed by atoms with Crippen molar-refractivity contribution < 1.29 is 4.79 Å². The fourth-order valence-electron chi connectivity index (χ4n) is 2.25. The van der Waals surface area contributed by atoms with Crippen molar-refractivity contribution in [1.29, 1.82) is 0 Å². The van der Waals surface area contributed by atoms with Gasteiger partial charge < -0.3 is 20.3 Å². The normalized spacial score (nSPS) is 10.8. The van der Waals surface area contributed by atoms with Gasteiger partial charge in [-0.15, -0.1) is 0 Å². The number of aromatic amines is 3. The van der Waals surface area contributed by atoms with Crippen LogP contribution in [0.4, 0.5) is 0 Å². The summed E-state index contributed by atoms with van der Waals surface area (Å²) >= 11 is 0. The molecule has 1 aromatic carbocycles. The molecule has 0 fully saturated rings. The van der Waals surface area contributed by atoms with Gasteiger partial charge in [-0.2, -0.15) is 0 Å². The molecule has 0 aliphatic rings. The van der Waals surface area contributed by atoms with E-state index >= 15 is 0 Å². The number of aromatic nitrogens is 4. The maximum Gasteiger partial charge on any atom is 0.314 e. The Morgan fingerprint density at radius 1 is 1.13 bits per heavy atom. The summed E-state index contributed by atoms with van der Waals surface area (Å²) in [5.41, 5.74) is -0.152. The summed E-state index contributed by atoms with van der Waals surface area (Å²) in [7, 11) is 0. The molecular formula is C15H15N5O3. The highest BCUT2D eigenvalue weighted by Gasteiger charge is 2.07. The number of nitrogens with one attached hydrogen (secondary N) is 4. The second kappa shape index (κ2) is 6.30. The maximum atomic E-state index is 12.1.